The molecule has 1 heterocycles. The molecule has 0 saturated heterocycles. The number of tetrazole rings is 1. The van der Waals surface area contributed by atoms with Crippen LogP contribution in [0.4, 0.5) is 4.39 Å². The number of benzene rings is 2. The molecule has 0 atom stereocenters. The molecule has 1 amide bonds. The highest BCUT2D eigenvalue weighted by Gasteiger charge is 2.12. The number of rotatable bonds is 8. The van der Waals surface area contributed by atoms with E-state index in [0.717, 1.165) is 5.56 Å². The minimum Gasteiger partial charge on any atom is -0.484 e. The zero-order valence-electron chi connectivity index (χ0n) is 14.3. The number of hydrogen-bond acceptors (Lipinski definition) is 5. The Kier molecular flexibility index (Phi) is 6.32. The highest BCUT2D eigenvalue weighted by Crippen LogP contribution is 2.23. The van der Waals surface area contributed by atoms with Gasteiger partial charge in [0, 0.05) is 6.54 Å². The Hall–Kier alpha value is -3.00. The van der Waals surface area contributed by atoms with E-state index in [1.807, 2.05) is 0 Å². The molecule has 0 bridgehead atoms. The highest BCUT2D eigenvalue weighted by molar-refractivity contribution is 6.32. The first-order valence-corrected chi connectivity index (χ1v) is 8.63. The summed E-state index contributed by atoms with van der Waals surface area (Å²) in [6.45, 7) is 0.481. The third-order valence-corrected chi connectivity index (χ3v) is 4.05. The van der Waals surface area contributed by atoms with Crippen molar-refractivity contribution in [3.05, 3.63) is 70.8 Å². The Balaban J connectivity index is 1.48. The summed E-state index contributed by atoms with van der Waals surface area (Å²) in [7, 11) is 0. The number of nitrogens with one attached hydrogen (secondary N) is 1. The number of carbonyl (C=O) groups is 1. The number of aromatic nitrogens is 4. The van der Waals surface area contributed by atoms with Crippen LogP contribution in [0, 0.1) is 5.82 Å². The lowest BCUT2D eigenvalue weighted by atomic mass is 10.1. The molecule has 1 aromatic heterocycles. The average Bonchev–Trinajstić information content (AvgIpc) is 3.09. The number of nitrogens with zero attached hydrogens (tertiary/aromatic N) is 4. The van der Waals surface area contributed by atoms with Gasteiger partial charge in [-0.3, -0.25) is 4.79 Å². The Morgan fingerprint density at radius 3 is 2.74 bits per heavy atom. The topological polar surface area (TPSA) is 81.9 Å². The molecule has 140 valence electrons. The van der Waals surface area contributed by atoms with E-state index in [1.54, 1.807) is 36.4 Å². The van der Waals surface area contributed by atoms with E-state index in [9.17, 15) is 9.18 Å². The molecule has 0 saturated carbocycles. The Labute approximate surface area is 160 Å². The van der Waals surface area contributed by atoms with Crippen LogP contribution in [-0.4, -0.2) is 32.7 Å². The molecule has 3 aromatic rings. The van der Waals surface area contributed by atoms with Crippen molar-refractivity contribution in [1.29, 1.82) is 0 Å². The fourth-order valence-electron chi connectivity index (χ4n) is 2.34. The van der Waals surface area contributed by atoms with Crippen LogP contribution in [-0.2, 0) is 24.4 Å². The lowest BCUT2D eigenvalue weighted by Gasteiger charge is -2.09. The minimum atomic E-state index is -0.284. The van der Waals surface area contributed by atoms with Crippen LogP contribution in [0.25, 0.3) is 0 Å². The quantitative estimate of drug-likeness (QED) is 0.639. The van der Waals surface area contributed by atoms with E-state index in [0.29, 0.717) is 29.6 Å². The predicted molar refractivity (Wildman–Crippen MR) is 96.7 cm³/mol. The molecular formula is C18H17ClFN5O2. The number of para-hydroxylation sites is 1. The van der Waals surface area contributed by atoms with Gasteiger partial charge in [0.25, 0.3) is 0 Å². The Morgan fingerprint density at radius 1 is 1.19 bits per heavy atom. The van der Waals surface area contributed by atoms with Gasteiger partial charge >= 0.3 is 0 Å². The number of ether oxygens (including phenoxy) is 1. The number of halogens is 2. The molecule has 27 heavy (non-hydrogen) atoms. The molecule has 0 aliphatic carbocycles. The van der Waals surface area contributed by atoms with E-state index in [4.69, 9.17) is 16.3 Å². The van der Waals surface area contributed by atoms with Crippen LogP contribution < -0.4 is 10.1 Å². The molecule has 0 aliphatic heterocycles. The molecule has 0 unspecified atom stereocenters. The average molecular weight is 390 g/mol. The van der Waals surface area contributed by atoms with E-state index >= 15 is 0 Å². The van der Waals surface area contributed by atoms with Crippen LogP contribution in [0.5, 0.6) is 5.75 Å². The molecule has 1 N–H and O–H groups in total. The first-order valence-electron chi connectivity index (χ1n) is 8.25. The van der Waals surface area contributed by atoms with Crippen molar-refractivity contribution < 1.29 is 13.9 Å². The van der Waals surface area contributed by atoms with Crippen molar-refractivity contribution in [3.8, 4) is 5.75 Å². The summed E-state index contributed by atoms with van der Waals surface area (Å²) in [6, 6.07) is 13.2. The van der Waals surface area contributed by atoms with Gasteiger partial charge in [0.2, 0.25) is 5.91 Å². The second-order valence-corrected chi connectivity index (χ2v) is 6.11. The number of hydrogen-bond donors (Lipinski definition) is 1. The fourth-order valence-corrected chi connectivity index (χ4v) is 2.53. The van der Waals surface area contributed by atoms with E-state index in [1.165, 1.54) is 16.8 Å². The second kappa shape index (κ2) is 9.09. The predicted octanol–water partition coefficient (Wildman–Crippen LogP) is 2.40. The number of amides is 1. The van der Waals surface area contributed by atoms with Crippen molar-refractivity contribution >= 4 is 17.5 Å². The largest absolute Gasteiger partial charge is 0.484 e. The summed E-state index contributed by atoms with van der Waals surface area (Å²) in [5.41, 5.74) is 0.938. The molecule has 0 radical (unpaired) electrons. The summed E-state index contributed by atoms with van der Waals surface area (Å²) in [5.74, 6) is 0.400. The second-order valence-electron chi connectivity index (χ2n) is 5.70. The molecule has 7 nitrogen and oxygen atoms in total. The van der Waals surface area contributed by atoms with Crippen LogP contribution in [0.15, 0.2) is 48.5 Å². The summed E-state index contributed by atoms with van der Waals surface area (Å²) in [4.78, 5) is 12.1. The van der Waals surface area contributed by atoms with Crippen LogP contribution in [0.3, 0.4) is 0 Å². The maximum atomic E-state index is 12.9. The fraction of sp³-hybridized carbons (Fsp3) is 0.222. The van der Waals surface area contributed by atoms with Gasteiger partial charge in [0.1, 0.15) is 24.7 Å². The molecule has 0 aliphatic rings. The molecular weight excluding hydrogens is 373 g/mol. The maximum Gasteiger partial charge on any atom is 0.241 e. The van der Waals surface area contributed by atoms with E-state index in [-0.39, 0.29) is 24.9 Å². The zero-order chi connectivity index (χ0) is 19.1. The summed E-state index contributed by atoms with van der Waals surface area (Å²) in [5, 5.41) is 14.5. The van der Waals surface area contributed by atoms with Crippen molar-refractivity contribution in [2.75, 3.05) is 6.54 Å². The molecule has 0 fully saturated rings. The van der Waals surface area contributed by atoms with Gasteiger partial charge in [-0.05, 0) is 46.7 Å². The number of carbonyl (C=O) groups excluding carboxylic acids is 1. The first kappa shape index (κ1) is 18.8. The van der Waals surface area contributed by atoms with Gasteiger partial charge in [0.05, 0.1) is 5.02 Å². The molecule has 3 rings (SSSR count). The van der Waals surface area contributed by atoms with E-state index < -0.39 is 0 Å². The standard InChI is InChI=1S/C18H17ClFN5O2/c19-15-3-1-2-4-16(15)27-12-17-22-23-24-25(17)11-18(26)21-10-9-13-5-7-14(20)8-6-13/h1-8H,9-12H2,(H,21,26). The lowest BCUT2D eigenvalue weighted by Crippen LogP contribution is -2.30. The van der Waals surface area contributed by atoms with Crippen LogP contribution >= 0.6 is 11.6 Å². The monoisotopic (exact) mass is 389 g/mol. The van der Waals surface area contributed by atoms with Crippen LogP contribution in [0.1, 0.15) is 11.4 Å². The van der Waals surface area contributed by atoms with Gasteiger partial charge in [-0.15, -0.1) is 5.10 Å². The minimum absolute atomic E-state index is 0.0301. The SMILES string of the molecule is O=C(Cn1nnnc1COc1ccccc1Cl)NCCc1ccc(F)cc1. The maximum absolute atomic E-state index is 12.9. The molecule has 2 aromatic carbocycles. The van der Waals surface area contributed by atoms with Gasteiger partial charge in [0.15, 0.2) is 5.82 Å². The lowest BCUT2D eigenvalue weighted by molar-refractivity contribution is -0.121. The molecule has 0 spiro atoms. The van der Waals surface area contributed by atoms with Gasteiger partial charge in [-0.1, -0.05) is 35.9 Å². The van der Waals surface area contributed by atoms with Gasteiger partial charge < -0.3 is 10.1 Å². The Morgan fingerprint density at radius 2 is 1.96 bits per heavy atom. The van der Waals surface area contributed by atoms with E-state index in [2.05, 4.69) is 20.8 Å². The smallest absolute Gasteiger partial charge is 0.241 e. The third kappa shape index (κ3) is 5.49. The summed E-state index contributed by atoms with van der Waals surface area (Å²) < 4.78 is 19.8. The van der Waals surface area contributed by atoms with Crippen molar-refractivity contribution in [1.82, 2.24) is 25.5 Å². The van der Waals surface area contributed by atoms with Crippen LogP contribution in [0.2, 0.25) is 5.02 Å². The van der Waals surface area contributed by atoms with Crippen molar-refractivity contribution in [3.63, 3.8) is 0 Å². The molecule has 9 heteroatoms. The zero-order valence-corrected chi connectivity index (χ0v) is 15.1. The summed E-state index contributed by atoms with van der Waals surface area (Å²) in [6.07, 6.45) is 0.601. The van der Waals surface area contributed by atoms with Gasteiger partial charge in [-0.25, -0.2) is 9.07 Å². The highest BCUT2D eigenvalue weighted by atomic mass is 35.5. The normalized spacial score (nSPS) is 10.6. The Bertz CT molecular complexity index is 901. The first-order chi connectivity index (χ1) is 13.1. The van der Waals surface area contributed by atoms with Crippen molar-refractivity contribution in [2.45, 2.75) is 19.6 Å². The van der Waals surface area contributed by atoms with Crippen molar-refractivity contribution in [2.24, 2.45) is 0 Å². The third-order valence-electron chi connectivity index (χ3n) is 3.74. The van der Waals surface area contributed by atoms with Gasteiger partial charge in [-0.2, -0.15) is 0 Å². The summed E-state index contributed by atoms with van der Waals surface area (Å²) >= 11 is 6.04.